The molecule has 0 saturated heterocycles. The second-order valence-electron chi connectivity index (χ2n) is 4.91. The lowest BCUT2D eigenvalue weighted by molar-refractivity contribution is -0.112. The molecular weight excluding hydrogens is 514 g/mol. The van der Waals surface area contributed by atoms with Gasteiger partial charge >= 0.3 is 0 Å². The van der Waals surface area contributed by atoms with E-state index in [-0.39, 0.29) is 17.9 Å². The average molecular weight is 525 g/mol. The van der Waals surface area contributed by atoms with Crippen molar-refractivity contribution in [2.24, 2.45) is 0 Å². The number of para-hydroxylation sites is 1. The minimum Gasteiger partial charge on any atom is -0.479 e. The number of nitriles is 1. The van der Waals surface area contributed by atoms with Crippen molar-refractivity contribution in [2.45, 2.75) is 0 Å². The Morgan fingerprint density at radius 2 is 2.15 bits per heavy atom. The van der Waals surface area contributed by atoms with Crippen LogP contribution in [0.1, 0.15) is 5.56 Å². The lowest BCUT2D eigenvalue weighted by Gasteiger charge is -2.09. The van der Waals surface area contributed by atoms with Gasteiger partial charge in [0.25, 0.3) is 5.91 Å². The molecule has 1 N–H and O–H groups in total. The number of nitrogens with zero attached hydrogens (tertiary/aromatic N) is 1. The first-order valence-electron chi connectivity index (χ1n) is 7.19. The van der Waals surface area contributed by atoms with Crippen molar-refractivity contribution in [3.8, 4) is 24.2 Å². The van der Waals surface area contributed by atoms with E-state index < -0.39 is 11.7 Å². The number of amides is 1. The van der Waals surface area contributed by atoms with E-state index in [0.29, 0.717) is 15.8 Å². The summed E-state index contributed by atoms with van der Waals surface area (Å²) < 4.78 is 20.5. The lowest BCUT2D eigenvalue weighted by atomic mass is 10.1. The Balaban J connectivity index is 2.28. The monoisotopic (exact) mass is 524 g/mol. The first kappa shape index (κ1) is 20.0. The van der Waals surface area contributed by atoms with Crippen LogP contribution in [-0.4, -0.2) is 12.5 Å². The van der Waals surface area contributed by atoms with Crippen LogP contribution in [0.5, 0.6) is 5.75 Å². The minimum atomic E-state index is -0.698. The summed E-state index contributed by atoms with van der Waals surface area (Å²) in [5, 5.41) is 11.7. The van der Waals surface area contributed by atoms with Crippen LogP contribution in [0.4, 0.5) is 10.1 Å². The highest BCUT2D eigenvalue weighted by Gasteiger charge is 2.13. The van der Waals surface area contributed by atoms with E-state index in [2.05, 4.69) is 49.8 Å². The van der Waals surface area contributed by atoms with E-state index in [1.807, 2.05) is 6.07 Å². The Bertz CT molecular complexity index is 938. The van der Waals surface area contributed by atoms with Crippen molar-refractivity contribution in [3.63, 3.8) is 0 Å². The second-order valence-corrected chi connectivity index (χ2v) is 6.93. The Hall–Kier alpha value is -2.36. The molecule has 0 radical (unpaired) electrons. The number of halogens is 3. The van der Waals surface area contributed by atoms with Crippen LogP contribution < -0.4 is 10.1 Å². The van der Waals surface area contributed by atoms with E-state index in [0.717, 1.165) is 3.57 Å². The predicted octanol–water partition coefficient (Wildman–Crippen LogP) is 4.75. The number of anilines is 1. The number of rotatable bonds is 5. The van der Waals surface area contributed by atoms with E-state index in [9.17, 15) is 14.4 Å². The Labute approximate surface area is 172 Å². The van der Waals surface area contributed by atoms with Gasteiger partial charge in [0, 0.05) is 0 Å². The van der Waals surface area contributed by atoms with E-state index >= 15 is 0 Å². The van der Waals surface area contributed by atoms with E-state index in [1.54, 1.807) is 18.2 Å². The quantitative estimate of drug-likeness (QED) is 0.266. The van der Waals surface area contributed by atoms with Gasteiger partial charge in [0.15, 0.2) is 0 Å². The predicted molar refractivity (Wildman–Crippen MR) is 110 cm³/mol. The molecule has 4 nitrogen and oxygen atoms in total. The smallest absolute Gasteiger partial charge is 0.266 e. The molecule has 0 spiro atoms. The average Bonchev–Trinajstić information content (AvgIpc) is 2.61. The Kier molecular flexibility index (Phi) is 7.19. The van der Waals surface area contributed by atoms with Gasteiger partial charge in [0.2, 0.25) is 0 Å². The molecule has 0 bridgehead atoms. The zero-order chi connectivity index (χ0) is 19.1. The number of nitrogens with one attached hydrogen (secondary N) is 1. The molecule has 0 aromatic heterocycles. The summed E-state index contributed by atoms with van der Waals surface area (Å²) in [6.45, 7) is 0.123. The SMILES string of the molecule is C#CCOc1c(Br)cc(/C=C(/C#N)C(=O)Nc2ccccc2F)cc1I. The maximum atomic E-state index is 13.6. The fourth-order valence-corrected chi connectivity index (χ4v) is 3.75. The largest absolute Gasteiger partial charge is 0.479 e. The summed E-state index contributed by atoms with van der Waals surface area (Å²) in [7, 11) is 0. The molecule has 0 fully saturated rings. The van der Waals surface area contributed by atoms with Gasteiger partial charge in [-0.3, -0.25) is 4.79 Å². The molecule has 2 aromatic carbocycles. The van der Waals surface area contributed by atoms with Crippen LogP contribution in [-0.2, 0) is 4.79 Å². The highest BCUT2D eigenvalue weighted by molar-refractivity contribution is 14.1. The zero-order valence-electron chi connectivity index (χ0n) is 13.2. The van der Waals surface area contributed by atoms with Crippen LogP contribution in [0.25, 0.3) is 6.08 Å². The second kappa shape index (κ2) is 9.37. The van der Waals surface area contributed by atoms with Gasteiger partial charge in [-0.15, -0.1) is 6.42 Å². The fraction of sp³-hybridized carbons (Fsp3) is 0.0526. The van der Waals surface area contributed by atoms with Gasteiger partial charge in [-0.1, -0.05) is 18.1 Å². The Morgan fingerprint density at radius 3 is 2.77 bits per heavy atom. The topological polar surface area (TPSA) is 62.1 Å². The summed E-state index contributed by atoms with van der Waals surface area (Å²) >= 11 is 5.44. The van der Waals surface area contributed by atoms with Crippen molar-refractivity contribution in [1.29, 1.82) is 5.26 Å². The standard InChI is InChI=1S/C19H11BrFIN2O2/c1-2-7-26-18-14(20)9-12(10-16(18)22)8-13(11-23)19(25)24-17-6-4-3-5-15(17)21/h1,3-6,8-10H,7H2,(H,24,25)/b13-8-. The van der Waals surface area contributed by atoms with Crippen LogP contribution in [0.15, 0.2) is 46.4 Å². The third-order valence-corrected chi connectivity index (χ3v) is 4.51. The summed E-state index contributed by atoms with van der Waals surface area (Å²) in [5.41, 5.74) is 0.454. The third kappa shape index (κ3) is 5.07. The van der Waals surface area contributed by atoms with Gasteiger partial charge in [-0.05, 0) is 74.4 Å². The summed E-state index contributed by atoms with van der Waals surface area (Å²) in [6, 6.07) is 11.0. The molecule has 0 atom stereocenters. The van der Waals surface area contributed by atoms with Gasteiger partial charge in [0.05, 0.1) is 13.7 Å². The number of carbonyl (C=O) groups excluding carboxylic acids is 1. The van der Waals surface area contributed by atoms with Crippen molar-refractivity contribution >= 4 is 56.2 Å². The van der Waals surface area contributed by atoms with Crippen LogP contribution >= 0.6 is 38.5 Å². The molecular formula is C19H11BrFIN2O2. The molecule has 0 aliphatic carbocycles. The highest BCUT2D eigenvalue weighted by Crippen LogP contribution is 2.32. The minimum absolute atomic E-state index is 0.00689. The van der Waals surface area contributed by atoms with Gasteiger partial charge in [0.1, 0.15) is 29.8 Å². The summed E-state index contributed by atoms with van der Waals surface area (Å²) in [6.07, 6.45) is 6.60. The fourth-order valence-electron chi connectivity index (χ4n) is 1.98. The lowest BCUT2D eigenvalue weighted by Crippen LogP contribution is -2.14. The summed E-state index contributed by atoms with van der Waals surface area (Å²) in [5.74, 6) is 1.69. The molecule has 0 saturated carbocycles. The van der Waals surface area contributed by atoms with Gasteiger partial charge in [-0.25, -0.2) is 4.39 Å². The molecule has 0 unspecified atom stereocenters. The van der Waals surface area contributed by atoms with Crippen molar-refractivity contribution in [1.82, 2.24) is 0 Å². The van der Waals surface area contributed by atoms with Gasteiger partial charge < -0.3 is 10.1 Å². The van der Waals surface area contributed by atoms with E-state index in [4.69, 9.17) is 11.2 Å². The van der Waals surface area contributed by atoms with Gasteiger partial charge in [-0.2, -0.15) is 5.26 Å². The van der Waals surface area contributed by atoms with Crippen molar-refractivity contribution in [3.05, 3.63) is 61.4 Å². The molecule has 2 rings (SSSR count). The highest BCUT2D eigenvalue weighted by atomic mass is 127. The molecule has 1 amide bonds. The number of terminal acetylenes is 1. The molecule has 26 heavy (non-hydrogen) atoms. The maximum Gasteiger partial charge on any atom is 0.266 e. The number of ether oxygens (including phenoxy) is 1. The van der Waals surface area contributed by atoms with Crippen LogP contribution in [0, 0.1) is 33.1 Å². The van der Waals surface area contributed by atoms with Crippen LogP contribution in [0.2, 0.25) is 0 Å². The molecule has 0 aliphatic rings. The molecule has 130 valence electrons. The molecule has 0 heterocycles. The number of hydrogen-bond donors (Lipinski definition) is 1. The Morgan fingerprint density at radius 1 is 1.42 bits per heavy atom. The number of benzene rings is 2. The normalized spacial score (nSPS) is 10.6. The maximum absolute atomic E-state index is 13.6. The summed E-state index contributed by atoms with van der Waals surface area (Å²) in [4.78, 5) is 12.2. The first-order chi connectivity index (χ1) is 12.5. The number of carbonyl (C=O) groups is 1. The van der Waals surface area contributed by atoms with Crippen LogP contribution in [0.3, 0.4) is 0 Å². The molecule has 2 aromatic rings. The van der Waals surface area contributed by atoms with E-state index in [1.165, 1.54) is 24.3 Å². The molecule has 7 heteroatoms. The third-order valence-electron chi connectivity index (χ3n) is 3.12. The first-order valence-corrected chi connectivity index (χ1v) is 9.06. The van der Waals surface area contributed by atoms with Crippen molar-refractivity contribution < 1.29 is 13.9 Å². The molecule has 0 aliphatic heterocycles. The zero-order valence-corrected chi connectivity index (χ0v) is 17.0. The van der Waals surface area contributed by atoms with Crippen molar-refractivity contribution in [2.75, 3.05) is 11.9 Å². The number of hydrogen-bond acceptors (Lipinski definition) is 3.